The number of hydrogen-bond acceptors (Lipinski definition) is 4. The standard InChI is InChI=1S/C7H7F3N2OS/c1-12(2)6-11-5(7(8,9)10)4(3-13)14-6/h3H,1-2H3. The van der Waals surface area contributed by atoms with E-state index in [9.17, 15) is 18.0 Å². The van der Waals surface area contributed by atoms with Gasteiger partial charge in [0.05, 0.1) is 0 Å². The van der Waals surface area contributed by atoms with Gasteiger partial charge in [-0.3, -0.25) is 4.79 Å². The van der Waals surface area contributed by atoms with E-state index in [-0.39, 0.29) is 16.3 Å². The minimum atomic E-state index is -4.57. The van der Waals surface area contributed by atoms with Crippen LogP contribution in [0.4, 0.5) is 18.3 Å². The van der Waals surface area contributed by atoms with Crippen LogP contribution in [-0.2, 0) is 6.18 Å². The van der Waals surface area contributed by atoms with E-state index >= 15 is 0 Å². The molecule has 0 atom stereocenters. The summed E-state index contributed by atoms with van der Waals surface area (Å²) in [6.45, 7) is 0. The highest BCUT2D eigenvalue weighted by atomic mass is 32.1. The molecule has 0 bridgehead atoms. The van der Waals surface area contributed by atoms with Crippen LogP contribution in [0.25, 0.3) is 0 Å². The van der Waals surface area contributed by atoms with Gasteiger partial charge in [-0.05, 0) is 0 Å². The number of aromatic nitrogens is 1. The van der Waals surface area contributed by atoms with Crippen LogP contribution in [0.15, 0.2) is 0 Å². The van der Waals surface area contributed by atoms with Crippen molar-refractivity contribution in [1.29, 1.82) is 0 Å². The summed E-state index contributed by atoms with van der Waals surface area (Å²) in [5.41, 5.74) is -1.11. The summed E-state index contributed by atoms with van der Waals surface area (Å²) in [5.74, 6) is 0. The Hall–Kier alpha value is -1.11. The minimum Gasteiger partial charge on any atom is -0.354 e. The number of aldehydes is 1. The highest BCUT2D eigenvalue weighted by Gasteiger charge is 2.37. The molecule has 0 aliphatic carbocycles. The predicted molar refractivity (Wildman–Crippen MR) is 46.8 cm³/mol. The monoisotopic (exact) mass is 224 g/mol. The largest absolute Gasteiger partial charge is 0.434 e. The SMILES string of the molecule is CN(C)c1nc(C(F)(F)F)c(C=O)s1. The molecule has 0 spiro atoms. The molecule has 7 heteroatoms. The van der Waals surface area contributed by atoms with Crippen molar-refractivity contribution in [3.63, 3.8) is 0 Å². The van der Waals surface area contributed by atoms with E-state index in [1.165, 1.54) is 4.90 Å². The van der Waals surface area contributed by atoms with Gasteiger partial charge in [0.25, 0.3) is 0 Å². The first-order chi connectivity index (χ1) is 6.36. The van der Waals surface area contributed by atoms with Crippen molar-refractivity contribution in [3.05, 3.63) is 10.6 Å². The molecular formula is C7H7F3N2OS. The van der Waals surface area contributed by atoms with Crippen molar-refractivity contribution in [2.45, 2.75) is 6.18 Å². The molecule has 0 amide bonds. The van der Waals surface area contributed by atoms with Gasteiger partial charge in [0.15, 0.2) is 17.1 Å². The van der Waals surface area contributed by atoms with Gasteiger partial charge in [0.1, 0.15) is 4.88 Å². The molecule has 0 aromatic carbocycles. The Morgan fingerprint density at radius 2 is 2.00 bits per heavy atom. The number of rotatable bonds is 2. The van der Waals surface area contributed by atoms with E-state index in [1.807, 2.05) is 0 Å². The van der Waals surface area contributed by atoms with Crippen LogP contribution in [0.1, 0.15) is 15.4 Å². The summed E-state index contributed by atoms with van der Waals surface area (Å²) in [7, 11) is 3.13. The molecule has 3 nitrogen and oxygen atoms in total. The molecule has 1 heterocycles. The van der Waals surface area contributed by atoms with Gasteiger partial charge in [-0.25, -0.2) is 4.98 Å². The van der Waals surface area contributed by atoms with Gasteiger partial charge in [0.2, 0.25) is 0 Å². The van der Waals surface area contributed by atoms with Crippen molar-refractivity contribution in [3.8, 4) is 0 Å². The zero-order chi connectivity index (χ0) is 10.9. The van der Waals surface area contributed by atoms with Crippen LogP contribution in [0.5, 0.6) is 0 Å². The average Bonchev–Trinajstić information content (AvgIpc) is 2.46. The first kappa shape index (κ1) is 11.0. The maximum Gasteiger partial charge on any atom is 0.434 e. The average molecular weight is 224 g/mol. The van der Waals surface area contributed by atoms with E-state index in [0.29, 0.717) is 0 Å². The summed E-state index contributed by atoms with van der Waals surface area (Å²) in [4.78, 5) is 14.7. The number of anilines is 1. The molecule has 0 aliphatic rings. The van der Waals surface area contributed by atoms with E-state index in [0.717, 1.165) is 11.3 Å². The Labute approximate surface area is 82.2 Å². The Kier molecular flexibility index (Phi) is 2.79. The van der Waals surface area contributed by atoms with Crippen LogP contribution >= 0.6 is 11.3 Å². The summed E-state index contributed by atoms with van der Waals surface area (Å²) >= 11 is 0.721. The second-order valence-corrected chi connectivity index (χ2v) is 3.73. The third-order valence-corrected chi connectivity index (χ3v) is 2.55. The number of nitrogens with zero attached hydrogens (tertiary/aromatic N) is 2. The summed E-state index contributed by atoms with van der Waals surface area (Å²) in [5, 5.41) is 0.166. The fourth-order valence-corrected chi connectivity index (χ4v) is 1.62. The number of carbonyl (C=O) groups excluding carboxylic acids is 1. The zero-order valence-electron chi connectivity index (χ0n) is 7.42. The van der Waals surface area contributed by atoms with Crippen LogP contribution in [0.3, 0.4) is 0 Å². The van der Waals surface area contributed by atoms with Crippen molar-refractivity contribution in [1.82, 2.24) is 4.98 Å². The molecule has 0 saturated carbocycles. The number of halogens is 3. The second kappa shape index (κ2) is 3.56. The first-order valence-electron chi connectivity index (χ1n) is 3.56. The van der Waals surface area contributed by atoms with Crippen molar-refractivity contribution in [2.75, 3.05) is 19.0 Å². The Morgan fingerprint density at radius 3 is 2.29 bits per heavy atom. The lowest BCUT2D eigenvalue weighted by Gasteiger charge is -2.06. The molecule has 0 N–H and O–H groups in total. The molecule has 0 aliphatic heterocycles. The third kappa shape index (κ3) is 2.03. The smallest absolute Gasteiger partial charge is 0.354 e. The summed E-state index contributed by atoms with van der Waals surface area (Å²) in [6, 6.07) is 0. The fourth-order valence-electron chi connectivity index (χ4n) is 0.794. The van der Waals surface area contributed by atoms with Crippen LogP contribution in [0, 0.1) is 0 Å². The number of carbonyl (C=O) groups is 1. The van der Waals surface area contributed by atoms with Gasteiger partial charge in [0, 0.05) is 14.1 Å². The van der Waals surface area contributed by atoms with Gasteiger partial charge < -0.3 is 4.90 Å². The molecule has 78 valence electrons. The normalized spacial score (nSPS) is 11.5. The van der Waals surface area contributed by atoms with Crippen LogP contribution in [-0.4, -0.2) is 25.4 Å². The second-order valence-electron chi connectivity index (χ2n) is 2.72. The van der Waals surface area contributed by atoms with Gasteiger partial charge in [-0.15, -0.1) is 0 Å². The number of hydrogen-bond donors (Lipinski definition) is 0. The summed E-state index contributed by atoms with van der Waals surface area (Å²) < 4.78 is 36.8. The van der Waals surface area contributed by atoms with E-state index in [2.05, 4.69) is 4.98 Å². The number of alkyl halides is 3. The minimum absolute atomic E-state index is 0.166. The van der Waals surface area contributed by atoms with Crippen molar-refractivity contribution in [2.24, 2.45) is 0 Å². The predicted octanol–water partition coefficient (Wildman–Crippen LogP) is 2.04. The van der Waals surface area contributed by atoms with Crippen LogP contribution in [0.2, 0.25) is 0 Å². The van der Waals surface area contributed by atoms with Gasteiger partial charge in [-0.2, -0.15) is 13.2 Å². The quantitative estimate of drug-likeness (QED) is 0.721. The number of thiazole rings is 1. The molecule has 0 unspecified atom stereocenters. The van der Waals surface area contributed by atoms with E-state index in [4.69, 9.17) is 0 Å². The molecule has 0 saturated heterocycles. The third-order valence-electron chi connectivity index (χ3n) is 1.40. The highest BCUT2D eigenvalue weighted by Crippen LogP contribution is 2.35. The lowest BCUT2D eigenvalue weighted by Crippen LogP contribution is -2.11. The van der Waals surface area contributed by atoms with E-state index in [1.54, 1.807) is 14.1 Å². The summed E-state index contributed by atoms with van der Waals surface area (Å²) in [6.07, 6.45) is -4.39. The van der Waals surface area contributed by atoms with Crippen molar-refractivity contribution >= 4 is 22.8 Å². The topological polar surface area (TPSA) is 33.2 Å². The maximum absolute atomic E-state index is 12.3. The van der Waals surface area contributed by atoms with Crippen LogP contribution < -0.4 is 4.90 Å². The Bertz CT molecular complexity index is 345. The van der Waals surface area contributed by atoms with Gasteiger partial charge in [-0.1, -0.05) is 11.3 Å². The molecular weight excluding hydrogens is 217 g/mol. The molecule has 1 aromatic rings. The fraction of sp³-hybridized carbons (Fsp3) is 0.429. The molecule has 0 radical (unpaired) electrons. The molecule has 1 rings (SSSR count). The van der Waals surface area contributed by atoms with Gasteiger partial charge >= 0.3 is 6.18 Å². The first-order valence-corrected chi connectivity index (χ1v) is 4.38. The lowest BCUT2D eigenvalue weighted by molar-refractivity contribution is -0.140. The molecule has 14 heavy (non-hydrogen) atoms. The maximum atomic E-state index is 12.3. The lowest BCUT2D eigenvalue weighted by atomic mass is 10.4. The Morgan fingerprint density at radius 1 is 1.43 bits per heavy atom. The Balaban J connectivity index is 3.22. The van der Waals surface area contributed by atoms with E-state index < -0.39 is 11.9 Å². The highest BCUT2D eigenvalue weighted by molar-refractivity contribution is 7.17. The van der Waals surface area contributed by atoms with Crippen molar-refractivity contribution < 1.29 is 18.0 Å². The molecule has 0 fully saturated rings. The molecule has 1 aromatic heterocycles. The zero-order valence-corrected chi connectivity index (χ0v) is 8.24.